The molecule has 1 aromatic carbocycles. The molecule has 0 aliphatic carbocycles. The third-order valence-electron chi connectivity index (χ3n) is 3.78. The van der Waals surface area contributed by atoms with Gasteiger partial charge >= 0.3 is 0 Å². The number of nitrogens with two attached hydrogens (primary N) is 2. The maximum Gasteiger partial charge on any atom is 0.221 e. The molecule has 2 unspecified atom stereocenters. The molecule has 1 aliphatic heterocycles. The number of likely N-dealkylation sites (tertiary alicyclic amines) is 1. The van der Waals surface area contributed by atoms with Crippen molar-refractivity contribution < 1.29 is 4.79 Å². The first-order valence-corrected chi connectivity index (χ1v) is 6.99. The van der Waals surface area contributed by atoms with E-state index in [0.717, 1.165) is 30.0 Å². The molecule has 1 amide bonds. The largest absolute Gasteiger partial charge is 0.369 e. The Morgan fingerprint density at radius 3 is 2.84 bits per heavy atom. The molecule has 2 rings (SSSR count). The smallest absolute Gasteiger partial charge is 0.221 e. The highest BCUT2D eigenvalue weighted by Gasteiger charge is 2.29. The number of hydrogen-bond donors (Lipinski definition) is 2. The van der Waals surface area contributed by atoms with Crippen molar-refractivity contribution in [2.45, 2.75) is 18.9 Å². The van der Waals surface area contributed by atoms with E-state index < -0.39 is 0 Å². The van der Waals surface area contributed by atoms with Crippen LogP contribution in [0.2, 0.25) is 5.02 Å². The number of carbonyl (C=O) groups is 1. The van der Waals surface area contributed by atoms with Crippen LogP contribution in [0.15, 0.2) is 24.3 Å². The van der Waals surface area contributed by atoms with E-state index in [2.05, 4.69) is 4.90 Å². The van der Waals surface area contributed by atoms with E-state index >= 15 is 0 Å². The van der Waals surface area contributed by atoms with Gasteiger partial charge in [0.15, 0.2) is 0 Å². The summed E-state index contributed by atoms with van der Waals surface area (Å²) in [6, 6.07) is 7.78. The van der Waals surface area contributed by atoms with Gasteiger partial charge in [-0.25, -0.2) is 0 Å². The lowest BCUT2D eigenvalue weighted by Gasteiger charge is -2.37. The van der Waals surface area contributed by atoms with Crippen molar-refractivity contribution in [1.29, 1.82) is 0 Å². The van der Waals surface area contributed by atoms with Crippen LogP contribution in [-0.2, 0) is 4.79 Å². The van der Waals surface area contributed by atoms with E-state index in [1.807, 2.05) is 24.3 Å². The molecular formula is C14H20ClN3O. The van der Waals surface area contributed by atoms with Gasteiger partial charge in [-0.05, 0) is 31.0 Å². The van der Waals surface area contributed by atoms with Crippen LogP contribution < -0.4 is 11.5 Å². The molecule has 104 valence electrons. The molecule has 0 saturated carbocycles. The predicted molar refractivity (Wildman–Crippen MR) is 76.7 cm³/mol. The molecule has 1 heterocycles. The first-order chi connectivity index (χ1) is 9.13. The van der Waals surface area contributed by atoms with Crippen LogP contribution in [0.5, 0.6) is 0 Å². The Balaban J connectivity index is 2.18. The van der Waals surface area contributed by atoms with Crippen molar-refractivity contribution in [2.75, 3.05) is 19.6 Å². The quantitative estimate of drug-likeness (QED) is 0.879. The first kappa shape index (κ1) is 14.3. The minimum absolute atomic E-state index is 0.0517. The highest BCUT2D eigenvalue weighted by molar-refractivity contribution is 6.31. The molecule has 1 saturated heterocycles. The summed E-state index contributed by atoms with van der Waals surface area (Å²) in [7, 11) is 0. The first-order valence-electron chi connectivity index (χ1n) is 6.61. The molecule has 4 nitrogen and oxygen atoms in total. The minimum atomic E-state index is -0.223. The Labute approximate surface area is 118 Å². The monoisotopic (exact) mass is 281 g/mol. The number of amides is 1. The molecular weight excluding hydrogens is 262 g/mol. The molecule has 4 N–H and O–H groups in total. The molecule has 0 spiro atoms. The Bertz CT molecular complexity index is 452. The average Bonchev–Trinajstić information content (AvgIpc) is 2.42. The SMILES string of the molecule is NCC(c1ccccc1Cl)N1CCCC(C(N)=O)C1. The van der Waals surface area contributed by atoms with Gasteiger partial charge in [0.2, 0.25) is 5.91 Å². The second-order valence-corrected chi connectivity index (χ2v) is 5.42. The lowest BCUT2D eigenvalue weighted by Crippen LogP contribution is -2.44. The number of carbonyl (C=O) groups excluding carboxylic acids is 1. The number of nitrogens with zero attached hydrogens (tertiary/aromatic N) is 1. The van der Waals surface area contributed by atoms with Crippen LogP contribution in [0.3, 0.4) is 0 Å². The molecule has 19 heavy (non-hydrogen) atoms. The van der Waals surface area contributed by atoms with Crippen molar-refractivity contribution >= 4 is 17.5 Å². The molecule has 2 atom stereocenters. The molecule has 1 aliphatic rings. The molecule has 0 bridgehead atoms. The summed E-state index contributed by atoms with van der Waals surface area (Å²) >= 11 is 6.24. The van der Waals surface area contributed by atoms with Crippen LogP contribution in [-0.4, -0.2) is 30.4 Å². The number of piperidine rings is 1. The number of benzene rings is 1. The summed E-state index contributed by atoms with van der Waals surface area (Å²) in [5, 5.41) is 0.721. The van der Waals surface area contributed by atoms with Crippen molar-refractivity contribution in [3.63, 3.8) is 0 Å². The maximum absolute atomic E-state index is 11.4. The average molecular weight is 282 g/mol. The zero-order valence-electron chi connectivity index (χ0n) is 10.9. The number of hydrogen-bond acceptors (Lipinski definition) is 3. The second-order valence-electron chi connectivity index (χ2n) is 5.01. The van der Waals surface area contributed by atoms with Gasteiger partial charge in [0.05, 0.1) is 5.92 Å². The number of rotatable bonds is 4. The fraction of sp³-hybridized carbons (Fsp3) is 0.500. The molecule has 1 aromatic rings. The molecule has 0 aromatic heterocycles. The normalized spacial score (nSPS) is 22.1. The number of halogens is 1. The maximum atomic E-state index is 11.4. The minimum Gasteiger partial charge on any atom is -0.369 e. The van der Waals surface area contributed by atoms with E-state index in [9.17, 15) is 4.79 Å². The summed E-state index contributed by atoms with van der Waals surface area (Å²) in [5.41, 5.74) is 12.4. The van der Waals surface area contributed by atoms with Gasteiger partial charge in [0, 0.05) is 24.2 Å². The van der Waals surface area contributed by atoms with Crippen molar-refractivity contribution in [3.8, 4) is 0 Å². The predicted octanol–water partition coefficient (Wildman–Crippen LogP) is 1.54. The van der Waals surface area contributed by atoms with Gasteiger partial charge < -0.3 is 11.5 Å². The van der Waals surface area contributed by atoms with Gasteiger partial charge in [-0.15, -0.1) is 0 Å². The van der Waals surface area contributed by atoms with E-state index in [1.54, 1.807) is 0 Å². The third-order valence-corrected chi connectivity index (χ3v) is 4.13. The Kier molecular flexibility index (Phi) is 4.80. The number of primary amides is 1. The molecule has 5 heteroatoms. The second kappa shape index (κ2) is 6.37. The standard InChI is InChI=1S/C14H20ClN3O/c15-12-6-2-1-5-11(12)13(8-16)18-7-3-4-10(9-18)14(17)19/h1-2,5-6,10,13H,3-4,7-9,16H2,(H2,17,19). The van der Waals surface area contributed by atoms with Gasteiger partial charge in [0.25, 0.3) is 0 Å². The lowest BCUT2D eigenvalue weighted by atomic mass is 9.94. The summed E-state index contributed by atoms with van der Waals surface area (Å²) in [6.07, 6.45) is 1.83. The Morgan fingerprint density at radius 1 is 1.47 bits per heavy atom. The van der Waals surface area contributed by atoms with Gasteiger partial charge in [-0.3, -0.25) is 9.69 Å². The summed E-state index contributed by atoms with van der Waals surface area (Å²) in [6.45, 7) is 2.08. The van der Waals surface area contributed by atoms with E-state index in [-0.39, 0.29) is 17.9 Å². The fourth-order valence-corrected chi connectivity index (χ4v) is 3.00. The summed E-state index contributed by atoms with van der Waals surface area (Å²) in [5.74, 6) is -0.301. The van der Waals surface area contributed by atoms with Crippen molar-refractivity contribution in [3.05, 3.63) is 34.9 Å². The van der Waals surface area contributed by atoms with Crippen LogP contribution in [0.25, 0.3) is 0 Å². The summed E-state index contributed by atoms with van der Waals surface area (Å²) in [4.78, 5) is 13.6. The summed E-state index contributed by atoms with van der Waals surface area (Å²) < 4.78 is 0. The molecule has 0 radical (unpaired) electrons. The molecule has 1 fully saturated rings. The van der Waals surface area contributed by atoms with Crippen LogP contribution >= 0.6 is 11.6 Å². The van der Waals surface area contributed by atoms with Crippen LogP contribution in [0, 0.1) is 5.92 Å². The van der Waals surface area contributed by atoms with E-state index in [0.29, 0.717) is 13.1 Å². The highest BCUT2D eigenvalue weighted by Crippen LogP contribution is 2.30. The lowest BCUT2D eigenvalue weighted by molar-refractivity contribution is -0.123. The zero-order valence-corrected chi connectivity index (χ0v) is 11.6. The van der Waals surface area contributed by atoms with Crippen molar-refractivity contribution in [1.82, 2.24) is 4.90 Å². The zero-order chi connectivity index (χ0) is 13.8. The van der Waals surface area contributed by atoms with Crippen LogP contribution in [0.4, 0.5) is 0 Å². The third kappa shape index (κ3) is 3.26. The fourth-order valence-electron chi connectivity index (χ4n) is 2.74. The topological polar surface area (TPSA) is 72.3 Å². The Hall–Kier alpha value is -1.10. The van der Waals surface area contributed by atoms with Crippen molar-refractivity contribution in [2.24, 2.45) is 17.4 Å². The Morgan fingerprint density at radius 2 is 2.21 bits per heavy atom. The van der Waals surface area contributed by atoms with Gasteiger partial charge in [0.1, 0.15) is 0 Å². The van der Waals surface area contributed by atoms with E-state index in [4.69, 9.17) is 23.1 Å². The highest BCUT2D eigenvalue weighted by atomic mass is 35.5. The van der Waals surface area contributed by atoms with Gasteiger partial charge in [-0.1, -0.05) is 29.8 Å². The van der Waals surface area contributed by atoms with E-state index in [1.165, 1.54) is 0 Å². The van der Waals surface area contributed by atoms with Gasteiger partial charge in [-0.2, -0.15) is 0 Å². The van der Waals surface area contributed by atoms with Crippen LogP contribution in [0.1, 0.15) is 24.4 Å².